The monoisotopic (exact) mass is 213 g/mol. The van der Waals surface area contributed by atoms with Gasteiger partial charge in [-0.2, -0.15) is 0 Å². The van der Waals surface area contributed by atoms with Gasteiger partial charge in [-0.25, -0.2) is 4.79 Å². The van der Waals surface area contributed by atoms with Gasteiger partial charge in [0, 0.05) is 13.1 Å². The summed E-state index contributed by atoms with van der Waals surface area (Å²) in [5.41, 5.74) is 0. The van der Waals surface area contributed by atoms with E-state index in [0.29, 0.717) is 19.0 Å². The molecule has 0 spiro atoms. The highest BCUT2D eigenvalue weighted by atomic mass is 16.5. The normalized spacial score (nSPS) is 22.0. The summed E-state index contributed by atoms with van der Waals surface area (Å²) >= 11 is 0. The van der Waals surface area contributed by atoms with Gasteiger partial charge < -0.3 is 9.64 Å². The van der Waals surface area contributed by atoms with Gasteiger partial charge in [0.15, 0.2) is 0 Å². The molecule has 86 valence electrons. The summed E-state index contributed by atoms with van der Waals surface area (Å²) in [5.74, 6) is -0.542. The Morgan fingerprint density at radius 2 is 2.07 bits per heavy atom. The predicted octanol–water partition coefficient (Wildman–Crippen LogP) is 1.20. The number of carbonyl (C=O) groups excluding carboxylic acids is 2. The summed E-state index contributed by atoms with van der Waals surface area (Å²) in [4.78, 5) is 24.2. The van der Waals surface area contributed by atoms with Crippen molar-refractivity contribution in [2.45, 2.75) is 32.6 Å². The van der Waals surface area contributed by atoms with E-state index in [1.165, 1.54) is 7.11 Å². The maximum absolute atomic E-state index is 11.5. The lowest BCUT2D eigenvalue weighted by Crippen LogP contribution is -2.37. The van der Waals surface area contributed by atoms with Crippen molar-refractivity contribution in [3.05, 3.63) is 0 Å². The fraction of sp³-hybridized carbons (Fsp3) is 0.818. The van der Waals surface area contributed by atoms with Crippen LogP contribution in [0.3, 0.4) is 0 Å². The molecule has 15 heavy (non-hydrogen) atoms. The minimum absolute atomic E-state index is 0.491. The van der Waals surface area contributed by atoms with Crippen LogP contribution >= 0.6 is 0 Å². The largest absolute Gasteiger partial charge is 0.462 e. The van der Waals surface area contributed by atoms with Crippen LogP contribution < -0.4 is 0 Å². The molecule has 1 aliphatic heterocycles. The molecule has 0 bridgehead atoms. The molecular weight excluding hydrogens is 194 g/mol. The second kappa shape index (κ2) is 5.73. The number of ether oxygens (including phenoxy) is 1. The van der Waals surface area contributed by atoms with Gasteiger partial charge in [-0.15, -0.1) is 0 Å². The number of nitrogens with zero attached hydrogens (tertiary/aromatic N) is 1. The van der Waals surface area contributed by atoms with E-state index in [-0.39, 0.29) is 0 Å². The molecule has 0 radical (unpaired) electrons. The van der Waals surface area contributed by atoms with Crippen LogP contribution in [0.2, 0.25) is 0 Å². The summed E-state index contributed by atoms with van der Waals surface area (Å²) in [6, 6.07) is 0. The van der Waals surface area contributed by atoms with E-state index in [9.17, 15) is 9.59 Å². The second-order valence-electron chi connectivity index (χ2n) is 3.99. The van der Waals surface area contributed by atoms with Crippen molar-refractivity contribution in [1.82, 2.24) is 4.90 Å². The van der Waals surface area contributed by atoms with Crippen molar-refractivity contribution < 1.29 is 14.3 Å². The van der Waals surface area contributed by atoms with Crippen LogP contribution in [-0.4, -0.2) is 37.0 Å². The van der Waals surface area contributed by atoms with E-state index in [1.807, 2.05) is 0 Å². The van der Waals surface area contributed by atoms with Crippen LogP contribution in [0.1, 0.15) is 32.6 Å². The maximum Gasteiger partial charge on any atom is 0.396 e. The molecule has 1 atom stereocenters. The van der Waals surface area contributed by atoms with Gasteiger partial charge in [0.2, 0.25) is 0 Å². The lowest BCUT2D eigenvalue weighted by atomic mass is 9.98. The maximum atomic E-state index is 11.5. The van der Waals surface area contributed by atoms with Crippen LogP contribution in [0.4, 0.5) is 0 Å². The van der Waals surface area contributed by atoms with Gasteiger partial charge in [0.05, 0.1) is 7.11 Å². The first-order valence-corrected chi connectivity index (χ1v) is 5.56. The molecule has 0 saturated carbocycles. The Morgan fingerprint density at radius 3 is 2.67 bits per heavy atom. The third kappa shape index (κ3) is 3.22. The van der Waals surface area contributed by atoms with Crippen molar-refractivity contribution in [2.24, 2.45) is 5.92 Å². The molecule has 0 aliphatic carbocycles. The van der Waals surface area contributed by atoms with Crippen molar-refractivity contribution in [3.63, 3.8) is 0 Å². The van der Waals surface area contributed by atoms with Crippen molar-refractivity contribution in [2.75, 3.05) is 20.2 Å². The Kier molecular flexibility index (Phi) is 4.59. The molecule has 0 N–H and O–H groups in total. The standard InChI is InChI=1S/C11H19NO3/c1-3-9-5-4-7-12(8-6-9)10(13)11(14)15-2/h9H,3-8H2,1-2H3. The third-order valence-corrected chi connectivity index (χ3v) is 3.07. The molecule has 1 saturated heterocycles. The first kappa shape index (κ1) is 12.0. The van der Waals surface area contributed by atoms with Gasteiger partial charge in [-0.1, -0.05) is 13.3 Å². The van der Waals surface area contributed by atoms with Crippen LogP contribution in [0.15, 0.2) is 0 Å². The van der Waals surface area contributed by atoms with Gasteiger partial charge in [0.25, 0.3) is 0 Å². The Balaban J connectivity index is 2.50. The summed E-state index contributed by atoms with van der Waals surface area (Å²) in [6.07, 6.45) is 4.29. The first-order chi connectivity index (χ1) is 7.19. The Hall–Kier alpha value is -1.06. The van der Waals surface area contributed by atoms with E-state index < -0.39 is 11.9 Å². The first-order valence-electron chi connectivity index (χ1n) is 5.56. The average molecular weight is 213 g/mol. The van der Waals surface area contributed by atoms with E-state index in [2.05, 4.69) is 11.7 Å². The molecular formula is C11H19NO3. The second-order valence-corrected chi connectivity index (χ2v) is 3.99. The fourth-order valence-corrected chi connectivity index (χ4v) is 1.99. The fourth-order valence-electron chi connectivity index (χ4n) is 1.99. The van der Waals surface area contributed by atoms with Gasteiger partial charge in [-0.3, -0.25) is 4.79 Å². The molecule has 1 fully saturated rings. The zero-order chi connectivity index (χ0) is 11.3. The summed E-state index contributed by atoms with van der Waals surface area (Å²) in [6.45, 7) is 3.54. The molecule has 1 heterocycles. The Labute approximate surface area is 90.6 Å². The number of esters is 1. The third-order valence-electron chi connectivity index (χ3n) is 3.07. The van der Waals surface area contributed by atoms with Crippen molar-refractivity contribution >= 4 is 11.9 Å². The van der Waals surface area contributed by atoms with E-state index in [1.54, 1.807) is 4.90 Å². The van der Waals surface area contributed by atoms with E-state index in [0.717, 1.165) is 25.7 Å². The number of amides is 1. The number of hydrogen-bond donors (Lipinski definition) is 0. The molecule has 0 aromatic heterocycles. The van der Waals surface area contributed by atoms with Gasteiger partial charge >= 0.3 is 11.9 Å². The summed E-state index contributed by atoms with van der Waals surface area (Å²) < 4.78 is 4.43. The number of rotatable bonds is 1. The Bertz CT molecular complexity index is 240. The molecule has 1 rings (SSSR count). The zero-order valence-corrected chi connectivity index (χ0v) is 9.49. The van der Waals surface area contributed by atoms with Gasteiger partial charge in [0.1, 0.15) is 0 Å². The molecule has 1 amide bonds. The zero-order valence-electron chi connectivity index (χ0n) is 9.49. The van der Waals surface area contributed by atoms with E-state index in [4.69, 9.17) is 0 Å². The molecule has 4 heteroatoms. The number of carbonyl (C=O) groups is 2. The molecule has 1 aliphatic rings. The number of hydrogen-bond acceptors (Lipinski definition) is 3. The highest BCUT2D eigenvalue weighted by Crippen LogP contribution is 2.20. The highest BCUT2D eigenvalue weighted by molar-refractivity contribution is 6.32. The van der Waals surface area contributed by atoms with Crippen LogP contribution in [0.25, 0.3) is 0 Å². The minimum Gasteiger partial charge on any atom is -0.462 e. The Morgan fingerprint density at radius 1 is 1.33 bits per heavy atom. The van der Waals surface area contributed by atoms with Gasteiger partial charge in [-0.05, 0) is 25.2 Å². The molecule has 0 aromatic rings. The van der Waals surface area contributed by atoms with Crippen LogP contribution in [0, 0.1) is 5.92 Å². The van der Waals surface area contributed by atoms with Crippen molar-refractivity contribution in [3.8, 4) is 0 Å². The molecule has 4 nitrogen and oxygen atoms in total. The highest BCUT2D eigenvalue weighted by Gasteiger charge is 2.25. The van der Waals surface area contributed by atoms with E-state index >= 15 is 0 Å². The summed E-state index contributed by atoms with van der Waals surface area (Å²) in [5, 5.41) is 0. The number of likely N-dealkylation sites (tertiary alicyclic amines) is 1. The number of methoxy groups -OCH3 is 1. The van der Waals surface area contributed by atoms with Crippen LogP contribution in [-0.2, 0) is 14.3 Å². The average Bonchev–Trinajstić information content (AvgIpc) is 2.51. The lowest BCUT2D eigenvalue weighted by Gasteiger charge is -2.18. The molecule has 0 aromatic carbocycles. The summed E-state index contributed by atoms with van der Waals surface area (Å²) in [7, 11) is 1.24. The quantitative estimate of drug-likeness (QED) is 0.485. The predicted molar refractivity (Wildman–Crippen MR) is 56.2 cm³/mol. The minimum atomic E-state index is -0.745. The topological polar surface area (TPSA) is 46.6 Å². The van der Waals surface area contributed by atoms with Crippen molar-refractivity contribution in [1.29, 1.82) is 0 Å². The van der Waals surface area contributed by atoms with Crippen LogP contribution in [0.5, 0.6) is 0 Å². The SMILES string of the molecule is CCC1CCCN(C(=O)C(=O)OC)CC1. The molecule has 1 unspecified atom stereocenters. The smallest absolute Gasteiger partial charge is 0.396 e. The lowest BCUT2D eigenvalue weighted by molar-refractivity contribution is -0.158.